The van der Waals surface area contributed by atoms with Gasteiger partial charge in [0.1, 0.15) is 11.5 Å². The number of ether oxygens (including phenoxy) is 3. The Bertz CT molecular complexity index is 828. The number of esters is 1. The van der Waals surface area contributed by atoms with Crippen molar-refractivity contribution in [3.8, 4) is 11.5 Å². The summed E-state index contributed by atoms with van der Waals surface area (Å²) >= 11 is 0. The van der Waals surface area contributed by atoms with E-state index in [1.54, 1.807) is 19.1 Å². The van der Waals surface area contributed by atoms with E-state index in [-0.39, 0.29) is 24.9 Å². The molecule has 3 rings (SSSR count). The highest BCUT2D eigenvalue weighted by Gasteiger charge is 2.22. The molecule has 1 aliphatic rings. The fourth-order valence-corrected chi connectivity index (χ4v) is 3.35. The monoisotopic (exact) mass is 412 g/mol. The van der Waals surface area contributed by atoms with Crippen LogP contribution in [-0.4, -0.2) is 63.8 Å². The molecule has 160 valence electrons. The highest BCUT2D eigenvalue weighted by atomic mass is 16.5. The number of aryl methyl sites for hydroxylation is 1. The van der Waals surface area contributed by atoms with E-state index in [9.17, 15) is 9.59 Å². The second-order valence-electron chi connectivity index (χ2n) is 7.07. The summed E-state index contributed by atoms with van der Waals surface area (Å²) in [6.07, 6.45) is 0.808. The van der Waals surface area contributed by atoms with Crippen molar-refractivity contribution in [2.75, 3.05) is 51.9 Å². The van der Waals surface area contributed by atoms with Crippen LogP contribution in [0.5, 0.6) is 11.5 Å². The molecule has 1 aliphatic heterocycles. The summed E-state index contributed by atoms with van der Waals surface area (Å²) in [5, 5.41) is 0. The van der Waals surface area contributed by atoms with Gasteiger partial charge in [0.2, 0.25) is 0 Å². The highest BCUT2D eigenvalue weighted by Crippen LogP contribution is 2.20. The van der Waals surface area contributed by atoms with Gasteiger partial charge in [-0.3, -0.25) is 9.59 Å². The molecular weight excluding hydrogens is 384 g/mol. The lowest BCUT2D eigenvalue weighted by molar-refractivity contribution is -0.152. The standard InChI is InChI=1S/C23H28N2O5/c1-28-20-8-3-18(4-9-20)5-12-23(27)30-17-22(26)25-15-13-24(14-16-25)19-6-10-21(29-2)11-7-19/h3-4,6-11H,5,12-17H2,1-2H3. The maximum atomic E-state index is 12.4. The Morgan fingerprint density at radius 3 is 1.97 bits per heavy atom. The van der Waals surface area contributed by atoms with Gasteiger partial charge in [0.25, 0.3) is 5.91 Å². The minimum Gasteiger partial charge on any atom is -0.497 e. The second kappa shape index (κ2) is 10.5. The first-order chi connectivity index (χ1) is 14.6. The lowest BCUT2D eigenvalue weighted by atomic mass is 10.1. The van der Waals surface area contributed by atoms with Crippen LogP contribution in [0.2, 0.25) is 0 Å². The third-order valence-electron chi connectivity index (χ3n) is 5.20. The van der Waals surface area contributed by atoms with Gasteiger partial charge in [0.15, 0.2) is 6.61 Å². The molecule has 0 atom stereocenters. The second-order valence-corrected chi connectivity index (χ2v) is 7.07. The molecule has 0 aliphatic carbocycles. The number of benzene rings is 2. The van der Waals surface area contributed by atoms with Gasteiger partial charge in [-0.05, 0) is 48.4 Å². The van der Waals surface area contributed by atoms with Crippen molar-refractivity contribution in [1.29, 1.82) is 0 Å². The summed E-state index contributed by atoms with van der Waals surface area (Å²) in [4.78, 5) is 28.3. The molecule has 30 heavy (non-hydrogen) atoms. The molecule has 1 heterocycles. The number of methoxy groups -OCH3 is 2. The largest absolute Gasteiger partial charge is 0.497 e. The Morgan fingerprint density at radius 2 is 1.40 bits per heavy atom. The minimum absolute atomic E-state index is 0.151. The Hall–Kier alpha value is -3.22. The summed E-state index contributed by atoms with van der Waals surface area (Å²) in [7, 11) is 3.26. The molecule has 0 radical (unpaired) electrons. The van der Waals surface area contributed by atoms with Crippen molar-refractivity contribution in [3.05, 3.63) is 54.1 Å². The molecule has 1 amide bonds. The lowest BCUT2D eigenvalue weighted by Gasteiger charge is -2.36. The van der Waals surface area contributed by atoms with Crippen LogP contribution in [0.3, 0.4) is 0 Å². The van der Waals surface area contributed by atoms with E-state index in [4.69, 9.17) is 14.2 Å². The number of rotatable bonds is 8. The third-order valence-corrected chi connectivity index (χ3v) is 5.20. The fraction of sp³-hybridized carbons (Fsp3) is 0.391. The molecule has 7 heteroatoms. The van der Waals surface area contributed by atoms with Gasteiger partial charge >= 0.3 is 5.97 Å². The highest BCUT2D eigenvalue weighted by molar-refractivity contribution is 5.81. The number of hydrogen-bond donors (Lipinski definition) is 0. The number of carbonyl (C=O) groups is 2. The van der Waals surface area contributed by atoms with Crippen LogP contribution in [0.1, 0.15) is 12.0 Å². The Kier molecular flexibility index (Phi) is 7.54. The summed E-state index contributed by atoms with van der Waals surface area (Å²) in [5.41, 5.74) is 2.13. The third kappa shape index (κ3) is 5.89. The molecule has 0 spiro atoms. The molecular formula is C23H28N2O5. The number of anilines is 1. The van der Waals surface area contributed by atoms with Gasteiger partial charge < -0.3 is 24.0 Å². The molecule has 0 bridgehead atoms. The zero-order valence-electron chi connectivity index (χ0n) is 17.5. The zero-order valence-corrected chi connectivity index (χ0v) is 17.5. The van der Waals surface area contributed by atoms with Crippen LogP contribution in [0.25, 0.3) is 0 Å². The predicted octanol–water partition coefficient (Wildman–Crippen LogP) is 2.53. The van der Waals surface area contributed by atoms with E-state index in [0.717, 1.165) is 35.8 Å². The molecule has 2 aromatic carbocycles. The SMILES string of the molecule is COc1ccc(CCC(=O)OCC(=O)N2CCN(c3ccc(OC)cc3)CC2)cc1. The van der Waals surface area contributed by atoms with Crippen LogP contribution in [0.15, 0.2) is 48.5 Å². The van der Waals surface area contributed by atoms with Gasteiger partial charge in [0, 0.05) is 38.3 Å². The molecule has 7 nitrogen and oxygen atoms in total. The van der Waals surface area contributed by atoms with Gasteiger partial charge in [-0.15, -0.1) is 0 Å². The number of carbonyl (C=O) groups excluding carboxylic acids is 2. The van der Waals surface area contributed by atoms with Crippen molar-refractivity contribution >= 4 is 17.6 Å². The van der Waals surface area contributed by atoms with E-state index in [1.807, 2.05) is 48.5 Å². The minimum atomic E-state index is -0.365. The number of piperazine rings is 1. The Morgan fingerprint density at radius 1 is 0.833 bits per heavy atom. The number of amides is 1. The Labute approximate surface area is 177 Å². The molecule has 0 N–H and O–H groups in total. The maximum Gasteiger partial charge on any atom is 0.306 e. The predicted molar refractivity (Wildman–Crippen MR) is 114 cm³/mol. The average Bonchev–Trinajstić information content (AvgIpc) is 2.81. The fourth-order valence-electron chi connectivity index (χ4n) is 3.35. The van der Waals surface area contributed by atoms with E-state index in [1.165, 1.54) is 0 Å². The van der Waals surface area contributed by atoms with Crippen LogP contribution >= 0.6 is 0 Å². The van der Waals surface area contributed by atoms with Gasteiger partial charge in [0.05, 0.1) is 14.2 Å². The van der Waals surface area contributed by atoms with Gasteiger partial charge in [-0.25, -0.2) is 0 Å². The van der Waals surface area contributed by atoms with Crippen molar-refractivity contribution in [1.82, 2.24) is 4.90 Å². The summed E-state index contributed by atoms with van der Waals surface area (Å²) < 4.78 is 15.5. The molecule has 0 unspecified atom stereocenters. The lowest BCUT2D eigenvalue weighted by Crippen LogP contribution is -2.49. The van der Waals surface area contributed by atoms with Crippen LogP contribution < -0.4 is 14.4 Å². The number of hydrogen-bond acceptors (Lipinski definition) is 6. The molecule has 2 aromatic rings. The zero-order chi connectivity index (χ0) is 21.3. The first-order valence-corrected chi connectivity index (χ1v) is 10.0. The molecule has 1 saturated heterocycles. The first-order valence-electron chi connectivity index (χ1n) is 10.0. The van der Waals surface area contributed by atoms with Crippen molar-refractivity contribution in [2.45, 2.75) is 12.8 Å². The molecule has 0 aromatic heterocycles. The van der Waals surface area contributed by atoms with Crippen LogP contribution in [0, 0.1) is 0 Å². The first kappa shape index (κ1) is 21.5. The smallest absolute Gasteiger partial charge is 0.306 e. The van der Waals surface area contributed by atoms with Crippen molar-refractivity contribution < 1.29 is 23.8 Å². The topological polar surface area (TPSA) is 68.3 Å². The van der Waals surface area contributed by atoms with Gasteiger partial charge in [-0.1, -0.05) is 12.1 Å². The van der Waals surface area contributed by atoms with E-state index in [0.29, 0.717) is 19.5 Å². The number of nitrogens with zero attached hydrogens (tertiary/aromatic N) is 2. The molecule has 1 fully saturated rings. The molecule has 0 saturated carbocycles. The maximum absolute atomic E-state index is 12.4. The summed E-state index contributed by atoms with van der Waals surface area (Å²) in [5.74, 6) is 1.08. The summed E-state index contributed by atoms with van der Waals surface area (Å²) in [6, 6.07) is 15.4. The average molecular weight is 412 g/mol. The summed E-state index contributed by atoms with van der Waals surface area (Å²) in [6.45, 7) is 2.49. The van der Waals surface area contributed by atoms with E-state index < -0.39 is 0 Å². The Balaban J connectivity index is 1.37. The normalized spacial score (nSPS) is 13.7. The van der Waals surface area contributed by atoms with Crippen LogP contribution in [0.4, 0.5) is 5.69 Å². The van der Waals surface area contributed by atoms with Crippen molar-refractivity contribution in [3.63, 3.8) is 0 Å². The van der Waals surface area contributed by atoms with Crippen LogP contribution in [-0.2, 0) is 20.7 Å². The van der Waals surface area contributed by atoms with Gasteiger partial charge in [-0.2, -0.15) is 0 Å². The van der Waals surface area contributed by atoms with E-state index in [2.05, 4.69) is 4.90 Å². The quantitative estimate of drug-likeness (QED) is 0.621. The van der Waals surface area contributed by atoms with E-state index >= 15 is 0 Å². The van der Waals surface area contributed by atoms with Crippen molar-refractivity contribution in [2.24, 2.45) is 0 Å².